The van der Waals surface area contributed by atoms with Crippen LogP contribution in [0.5, 0.6) is 11.5 Å². The first-order valence-corrected chi connectivity index (χ1v) is 5.90. The Balaban J connectivity index is 2.66. The third kappa shape index (κ3) is 3.91. The van der Waals surface area contributed by atoms with Crippen LogP contribution in [0.25, 0.3) is 0 Å². The summed E-state index contributed by atoms with van der Waals surface area (Å²) in [5.41, 5.74) is 1.16. The van der Waals surface area contributed by atoms with Gasteiger partial charge in [-0.1, -0.05) is 6.92 Å². The molecule has 1 rings (SSSR count). The highest BCUT2D eigenvalue weighted by Gasteiger charge is 2.09. The van der Waals surface area contributed by atoms with E-state index in [1.807, 2.05) is 18.2 Å². The molecule has 4 heteroatoms. The van der Waals surface area contributed by atoms with Gasteiger partial charge in [0.25, 0.3) is 0 Å². The van der Waals surface area contributed by atoms with Gasteiger partial charge in [-0.25, -0.2) is 0 Å². The average molecular weight is 240 g/mol. The monoisotopic (exact) mass is 240 g/mol. The average Bonchev–Trinajstić information content (AvgIpc) is 2.39. The largest absolute Gasteiger partial charge is 0.493 e. The van der Waals surface area contributed by atoms with Crippen molar-refractivity contribution in [3.8, 4) is 11.5 Å². The third-order valence-electron chi connectivity index (χ3n) is 2.89. The number of nitrogens with two attached hydrogens (primary N) is 1. The molecule has 0 bridgehead atoms. The fourth-order valence-electron chi connectivity index (χ4n) is 1.68. The second-order valence-electron chi connectivity index (χ2n) is 3.98. The number of quaternary nitrogens is 1. The number of hydrogen-bond acceptors (Lipinski definition) is 3. The highest BCUT2D eigenvalue weighted by Crippen LogP contribution is 2.27. The van der Waals surface area contributed by atoms with Crippen LogP contribution in [0.2, 0.25) is 0 Å². The minimum atomic E-state index is 0.212. The van der Waals surface area contributed by atoms with E-state index in [0.717, 1.165) is 30.0 Å². The predicted octanol–water partition coefficient (Wildman–Crippen LogP) is 0.538. The van der Waals surface area contributed by atoms with E-state index >= 15 is 0 Å². The van der Waals surface area contributed by atoms with E-state index in [1.165, 1.54) is 0 Å². The number of hydrogen-bond donors (Lipinski definition) is 2. The zero-order valence-corrected chi connectivity index (χ0v) is 10.8. The SMILES string of the molecule is CC[C@H](CO)[NH2+]Cc1ccc(OC)c(OC)c1. The van der Waals surface area contributed by atoms with Gasteiger partial charge in [0.05, 0.1) is 20.8 Å². The zero-order chi connectivity index (χ0) is 12.7. The highest BCUT2D eigenvalue weighted by atomic mass is 16.5. The maximum atomic E-state index is 9.11. The molecular weight excluding hydrogens is 218 g/mol. The summed E-state index contributed by atoms with van der Waals surface area (Å²) < 4.78 is 10.4. The molecule has 17 heavy (non-hydrogen) atoms. The van der Waals surface area contributed by atoms with E-state index < -0.39 is 0 Å². The summed E-state index contributed by atoms with van der Waals surface area (Å²) >= 11 is 0. The molecule has 1 atom stereocenters. The predicted molar refractivity (Wildman–Crippen MR) is 66.3 cm³/mol. The first-order valence-electron chi connectivity index (χ1n) is 5.90. The molecule has 0 heterocycles. The molecule has 0 aliphatic rings. The van der Waals surface area contributed by atoms with Crippen LogP contribution in [-0.4, -0.2) is 32.0 Å². The first kappa shape index (κ1) is 13.8. The lowest BCUT2D eigenvalue weighted by molar-refractivity contribution is -0.706. The quantitative estimate of drug-likeness (QED) is 0.731. The zero-order valence-electron chi connectivity index (χ0n) is 10.8. The minimum Gasteiger partial charge on any atom is -0.493 e. The van der Waals surface area contributed by atoms with E-state index in [-0.39, 0.29) is 12.6 Å². The topological polar surface area (TPSA) is 55.3 Å². The van der Waals surface area contributed by atoms with Crippen LogP contribution < -0.4 is 14.8 Å². The highest BCUT2D eigenvalue weighted by molar-refractivity contribution is 5.42. The molecular formula is C13H22NO3+. The molecule has 0 aromatic heterocycles. The van der Waals surface area contributed by atoms with Gasteiger partial charge in [-0.05, 0) is 24.6 Å². The molecule has 1 aromatic rings. The van der Waals surface area contributed by atoms with Gasteiger partial charge in [0.1, 0.15) is 12.6 Å². The molecule has 0 spiro atoms. The van der Waals surface area contributed by atoms with Gasteiger partial charge in [0.15, 0.2) is 11.5 Å². The van der Waals surface area contributed by atoms with Gasteiger partial charge in [0.2, 0.25) is 0 Å². The molecule has 0 aliphatic heterocycles. The molecule has 96 valence electrons. The number of aliphatic hydroxyl groups excluding tert-OH is 1. The summed E-state index contributed by atoms with van der Waals surface area (Å²) in [4.78, 5) is 0. The van der Waals surface area contributed by atoms with Crippen molar-refractivity contribution < 1.29 is 19.9 Å². The fourth-order valence-corrected chi connectivity index (χ4v) is 1.68. The number of benzene rings is 1. The van der Waals surface area contributed by atoms with Crippen LogP contribution >= 0.6 is 0 Å². The lowest BCUT2D eigenvalue weighted by Crippen LogP contribution is -2.89. The Labute approximate surface area is 103 Å². The normalized spacial score (nSPS) is 12.2. The summed E-state index contributed by atoms with van der Waals surface area (Å²) in [5, 5.41) is 11.3. The van der Waals surface area contributed by atoms with Gasteiger partial charge in [-0.2, -0.15) is 0 Å². The molecule has 0 saturated carbocycles. The van der Waals surface area contributed by atoms with Crippen molar-refractivity contribution in [3.05, 3.63) is 23.8 Å². The van der Waals surface area contributed by atoms with Crippen molar-refractivity contribution in [1.29, 1.82) is 0 Å². The van der Waals surface area contributed by atoms with Crippen LogP contribution in [0.1, 0.15) is 18.9 Å². The Kier molecular flexibility index (Phi) is 5.80. The summed E-state index contributed by atoms with van der Waals surface area (Å²) in [6.45, 7) is 3.12. The molecule has 0 unspecified atom stereocenters. The standard InChI is InChI=1S/C13H21NO3/c1-4-11(9-15)14-8-10-5-6-12(16-2)13(7-10)17-3/h5-7,11,14-15H,4,8-9H2,1-3H3/p+1/t11-/m1/s1. The second kappa shape index (κ2) is 7.14. The molecule has 0 aliphatic carbocycles. The second-order valence-corrected chi connectivity index (χ2v) is 3.98. The fraction of sp³-hybridized carbons (Fsp3) is 0.538. The maximum Gasteiger partial charge on any atom is 0.161 e. The van der Waals surface area contributed by atoms with Gasteiger partial charge < -0.3 is 19.9 Å². The van der Waals surface area contributed by atoms with Crippen molar-refractivity contribution in [2.75, 3.05) is 20.8 Å². The lowest BCUT2D eigenvalue weighted by atomic mass is 10.1. The molecule has 0 amide bonds. The van der Waals surface area contributed by atoms with Crippen molar-refractivity contribution in [2.24, 2.45) is 0 Å². The Morgan fingerprint density at radius 2 is 1.94 bits per heavy atom. The van der Waals surface area contributed by atoms with Crippen LogP contribution in [0.3, 0.4) is 0 Å². The van der Waals surface area contributed by atoms with E-state index in [0.29, 0.717) is 0 Å². The molecule has 4 nitrogen and oxygen atoms in total. The van der Waals surface area contributed by atoms with E-state index in [9.17, 15) is 0 Å². The molecule has 3 N–H and O–H groups in total. The molecule has 1 aromatic carbocycles. The number of methoxy groups -OCH3 is 2. The van der Waals surface area contributed by atoms with Crippen LogP contribution in [-0.2, 0) is 6.54 Å². The Morgan fingerprint density at radius 1 is 1.24 bits per heavy atom. The molecule has 0 saturated heterocycles. The minimum absolute atomic E-state index is 0.212. The van der Waals surface area contributed by atoms with Gasteiger partial charge >= 0.3 is 0 Å². The van der Waals surface area contributed by atoms with E-state index in [4.69, 9.17) is 14.6 Å². The van der Waals surface area contributed by atoms with Crippen molar-refractivity contribution >= 4 is 0 Å². The van der Waals surface area contributed by atoms with Gasteiger partial charge in [0, 0.05) is 5.56 Å². The molecule has 0 fully saturated rings. The first-order chi connectivity index (χ1) is 8.24. The Hall–Kier alpha value is -1.26. The summed E-state index contributed by atoms with van der Waals surface area (Å²) in [6, 6.07) is 6.16. The van der Waals surface area contributed by atoms with Crippen LogP contribution in [0, 0.1) is 0 Å². The summed E-state index contributed by atoms with van der Waals surface area (Å²) in [5.74, 6) is 1.49. The number of ether oxygens (including phenoxy) is 2. The van der Waals surface area contributed by atoms with E-state index in [1.54, 1.807) is 14.2 Å². The lowest BCUT2D eigenvalue weighted by Gasteiger charge is -2.12. The summed E-state index contributed by atoms with van der Waals surface area (Å²) in [6.07, 6.45) is 0.962. The Bertz CT molecular complexity index is 337. The summed E-state index contributed by atoms with van der Waals surface area (Å²) in [7, 11) is 3.26. The maximum absolute atomic E-state index is 9.11. The smallest absolute Gasteiger partial charge is 0.161 e. The molecule has 0 radical (unpaired) electrons. The van der Waals surface area contributed by atoms with Crippen LogP contribution in [0.4, 0.5) is 0 Å². The Morgan fingerprint density at radius 3 is 2.47 bits per heavy atom. The van der Waals surface area contributed by atoms with Gasteiger partial charge in [-0.3, -0.25) is 0 Å². The number of rotatable bonds is 7. The van der Waals surface area contributed by atoms with Crippen molar-refractivity contribution in [2.45, 2.75) is 25.9 Å². The third-order valence-corrected chi connectivity index (χ3v) is 2.89. The van der Waals surface area contributed by atoms with E-state index in [2.05, 4.69) is 12.2 Å². The van der Waals surface area contributed by atoms with Crippen LogP contribution in [0.15, 0.2) is 18.2 Å². The van der Waals surface area contributed by atoms with Crippen molar-refractivity contribution in [3.63, 3.8) is 0 Å². The number of aliphatic hydroxyl groups is 1. The van der Waals surface area contributed by atoms with Crippen molar-refractivity contribution in [1.82, 2.24) is 0 Å². The van der Waals surface area contributed by atoms with Gasteiger partial charge in [-0.15, -0.1) is 0 Å².